The molecule has 0 atom stereocenters. The van der Waals surface area contributed by atoms with Crippen LogP contribution < -0.4 is 4.90 Å². The van der Waals surface area contributed by atoms with Gasteiger partial charge in [0.05, 0.1) is 0 Å². The summed E-state index contributed by atoms with van der Waals surface area (Å²) in [6.07, 6.45) is 0. The highest BCUT2D eigenvalue weighted by Gasteiger charge is 2.36. The van der Waals surface area contributed by atoms with Crippen molar-refractivity contribution < 1.29 is 4.79 Å². The molecule has 0 N–H and O–H groups in total. The summed E-state index contributed by atoms with van der Waals surface area (Å²) in [7, 11) is 1.99. The minimum absolute atomic E-state index is 0.201. The average Bonchev–Trinajstić information content (AvgIpc) is 2.14. The van der Waals surface area contributed by atoms with Crippen molar-refractivity contribution >= 4 is 23.1 Å². The molecule has 1 aliphatic heterocycles. The summed E-state index contributed by atoms with van der Waals surface area (Å²) in [5.74, 6) is 0.201. The van der Waals surface area contributed by atoms with Gasteiger partial charge in [-0.05, 0) is 18.2 Å². The van der Waals surface area contributed by atoms with Gasteiger partial charge in [-0.15, -0.1) is 0 Å². The van der Waals surface area contributed by atoms with E-state index >= 15 is 0 Å². The number of hydrogen-bond donors (Lipinski definition) is 0. The predicted octanol–water partition coefficient (Wildman–Crippen LogP) is 3.00. The molecule has 0 radical (unpaired) electrons. The van der Waals surface area contributed by atoms with Crippen molar-refractivity contribution in [3.8, 4) is 0 Å². The molecule has 1 aromatic carbocycles. The molecule has 0 saturated heterocycles. The van der Waals surface area contributed by atoms with Crippen LogP contribution in [0.3, 0.4) is 0 Å². The third-order valence-corrected chi connectivity index (χ3v) is 3.10. The highest BCUT2D eigenvalue weighted by molar-refractivity contribution is 6.31. The van der Waals surface area contributed by atoms with Gasteiger partial charge in [-0.2, -0.15) is 0 Å². The summed E-state index contributed by atoms with van der Waals surface area (Å²) in [4.78, 5) is 14.2. The Balaban J connectivity index is 2.59. The summed E-state index contributed by atoms with van der Waals surface area (Å²) in [5.41, 5.74) is 1.40. The Kier molecular flexibility index (Phi) is 2.27. The lowest BCUT2D eigenvalue weighted by atomic mass is 9.80. The van der Waals surface area contributed by atoms with E-state index < -0.39 is 0 Å². The van der Waals surface area contributed by atoms with Crippen LogP contribution in [0.1, 0.15) is 24.2 Å². The molecule has 15 heavy (non-hydrogen) atoms. The summed E-state index contributed by atoms with van der Waals surface area (Å²) >= 11 is 5.92. The Labute approximate surface area is 94.8 Å². The number of rotatable bonds is 0. The molecule has 2 nitrogen and oxygen atoms in total. The van der Waals surface area contributed by atoms with Crippen molar-refractivity contribution in [3.63, 3.8) is 0 Å². The summed E-state index contributed by atoms with van der Waals surface area (Å²) in [5, 5.41) is 0.674. The number of halogens is 1. The zero-order chi connectivity index (χ0) is 11.2. The number of Topliss-reactive ketones (excluding diaryl/α,β-unsaturated/α-hetero) is 1. The Morgan fingerprint density at radius 1 is 1.40 bits per heavy atom. The maximum absolute atomic E-state index is 12.1. The molecular weight excluding hydrogens is 210 g/mol. The van der Waals surface area contributed by atoms with Crippen LogP contribution in [-0.2, 0) is 0 Å². The van der Waals surface area contributed by atoms with Gasteiger partial charge in [0.25, 0.3) is 0 Å². The van der Waals surface area contributed by atoms with Crippen LogP contribution in [0.2, 0.25) is 5.02 Å². The van der Waals surface area contributed by atoms with E-state index in [1.54, 1.807) is 6.07 Å². The number of benzene rings is 1. The van der Waals surface area contributed by atoms with E-state index in [0.29, 0.717) is 5.02 Å². The Morgan fingerprint density at radius 3 is 2.73 bits per heavy atom. The SMILES string of the molecule is CN1CC(C)(C)C(=O)c2ccc(Cl)cc21. The number of anilines is 1. The first-order valence-electron chi connectivity index (χ1n) is 4.97. The first-order valence-corrected chi connectivity index (χ1v) is 5.35. The second kappa shape index (κ2) is 3.24. The molecule has 1 aromatic rings. The van der Waals surface area contributed by atoms with E-state index in [0.717, 1.165) is 17.8 Å². The van der Waals surface area contributed by atoms with Gasteiger partial charge in [-0.1, -0.05) is 25.4 Å². The molecule has 0 amide bonds. The number of nitrogens with zero attached hydrogens (tertiary/aromatic N) is 1. The van der Waals surface area contributed by atoms with Crippen LogP contribution in [0, 0.1) is 5.41 Å². The Hall–Kier alpha value is -1.02. The van der Waals surface area contributed by atoms with E-state index in [1.165, 1.54) is 0 Å². The van der Waals surface area contributed by atoms with Crippen LogP contribution in [-0.4, -0.2) is 19.4 Å². The van der Waals surface area contributed by atoms with E-state index in [2.05, 4.69) is 4.90 Å². The van der Waals surface area contributed by atoms with Crippen LogP contribution in [0.25, 0.3) is 0 Å². The molecule has 0 aliphatic carbocycles. The van der Waals surface area contributed by atoms with Crippen molar-refractivity contribution in [2.24, 2.45) is 5.41 Å². The van der Waals surface area contributed by atoms with Crippen molar-refractivity contribution in [1.82, 2.24) is 0 Å². The van der Waals surface area contributed by atoms with E-state index in [1.807, 2.05) is 33.0 Å². The second-order valence-electron chi connectivity index (χ2n) is 4.73. The average molecular weight is 224 g/mol. The fraction of sp³-hybridized carbons (Fsp3) is 0.417. The largest absolute Gasteiger partial charge is 0.373 e. The lowest BCUT2D eigenvalue weighted by Gasteiger charge is -2.37. The normalized spacial score (nSPS) is 18.9. The minimum Gasteiger partial charge on any atom is -0.373 e. The molecule has 80 valence electrons. The van der Waals surface area contributed by atoms with Gasteiger partial charge in [0, 0.05) is 35.3 Å². The zero-order valence-electron chi connectivity index (χ0n) is 9.17. The zero-order valence-corrected chi connectivity index (χ0v) is 9.93. The van der Waals surface area contributed by atoms with Crippen LogP contribution in [0.15, 0.2) is 18.2 Å². The van der Waals surface area contributed by atoms with E-state index in [4.69, 9.17) is 11.6 Å². The molecule has 3 heteroatoms. The first kappa shape index (κ1) is 10.5. The first-order chi connectivity index (χ1) is 6.92. The van der Waals surface area contributed by atoms with Crippen LogP contribution >= 0.6 is 11.6 Å². The van der Waals surface area contributed by atoms with Gasteiger partial charge in [0.15, 0.2) is 5.78 Å². The predicted molar refractivity (Wildman–Crippen MR) is 62.8 cm³/mol. The van der Waals surface area contributed by atoms with Crippen molar-refractivity contribution in [2.45, 2.75) is 13.8 Å². The smallest absolute Gasteiger partial charge is 0.172 e. The molecule has 0 unspecified atom stereocenters. The maximum Gasteiger partial charge on any atom is 0.172 e. The Bertz CT molecular complexity index is 426. The van der Waals surface area contributed by atoms with Gasteiger partial charge in [0.1, 0.15) is 0 Å². The van der Waals surface area contributed by atoms with Gasteiger partial charge < -0.3 is 4.90 Å². The van der Waals surface area contributed by atoms with Gasteiger partial charge in [-0.25, -0.2) is 0 Å². The highest BCUT2D eigenvalue weighted by Crippen LogP contribution is 2.36. The lowest BCUT2D eigenvalue weighted by Crippen LogP contribution is -2.42. The topological polar surface area (TPSA) is 20.3 Å². The third kappa shape index (κ3) is 1.63. The summed E-state index contributed by atoms with van der Waals surface area (Å²) < 4.78 is 0. The fourth-order valence-electron chi connectivity index (χ4n) is 2.13. The van der Waals surface area contributed by atoms with Crippen molar-refractivity contribution in [1.29, 1.82) is 0 Å². The highest BCUT2D eigenvalue weighted by atomic mass is 35.5. The fourth-order valence-corrected chi connectivity index (χ4v) is 2.29. The molecule has 1 aliphatic rings. The van der Waals surface area contributed by atoms with Crippen molar-refractivity contribution in [3.05, 3.63) is 28.8 Å². The van der Waals surface area contributed by atoms with Crippen LogP contribution in [0.4, 0.5) is 5.69 Å². The minimum atomic E-state index is -0.310. The second-order valence-corrected chi connectivity index (χ2v) is 5.17. The number of fused-ring (bicyclic) bond motifs is 1. The third-order valence-electron chi connectivity index (χ3n) is 2.86. The number of ketones is 1. The Morgan fingerprint density at radius 2 is 2.07 bits per heavy atom. The molecule has 2 rings (SSSR count). The number of hydrogen-bond acceptors (Lipinski definition) is 2. The number of carbonyl (C=O) groups is 1. The van der Waals surface area contributed by atoms with Gasteiger partial charge in [0.2, 0.25) is 0 Å². The van der Waals surface area contributed by atoms with Crippen LogP contribution in [0.5, 0.6) is 0 Å². The molecule has 0 aromatic heterocycles. The van der Waals surface area contributed by atoms with E-state index in [-0.39, 0.29) is 11.2 Å². The van der Waals surface area contributed by atoms with Gasteiger partial charge in [-0.3, -0.25) is 4.79 Å². The summed E-state index contributed by atoms with van der Waals surface area (Å²) in [6, 6.07) is 5.44. The molecule has 0 fully saturated rings. The molecule has 0 saturated carbocycles. The summed E-state index contributed by atoms with van der Waals surface area (Å²) in [6.45, 7) is 4.69. The lowest BCUT2D eigenvalue weighted by molar-refractivity contribution is 0.0836. The van der Waals surface area contributed by atoms with Crippen molar-refractivity contribution in [2.75, 3.05) is 18.5 Å². The standard InChI is InChI=1S/C12H14ClNO/c1-12(2)7-14(3)10-6-8(13)4-5-9(10)11(12)15/h4-6H,7H2,1-3H3. The van der Waals surface area contributed by atoms with Gasteiger partial charge >= 0.3 is 0 Å². The molecule has 0 bridgehead atoms. The monoisotopic (exact) mass is 223 g/mol. The maximum atomic E-state index is 12.1. The molecule has 1 heterocycles. The molecule has 0 spiro atoms. The molecular formula is C12H14ClNO. The quantitative estimate of drug-likeness (QED) is 0.674. The van der Waals surface area contributed by atoms with E-state index in [9.17, 15) is 4.79 Å². The number of carbonyl (C=O) groups excluding carboxylic acids is 1.